The van der Waals surface area contributed by atoms with Crippen molar-refractivity contribution in [3.8, 4) is 5.75 Å². The molecule has 0 saturated heterocycles. The number of hydrogen-bond acceptors (Lipinski definition) is 2. The summed E-state index contributed by atoms with van der Waals surface area (Å²) in [5.74, 6) is 0.0214. The zero-order valence-corrected chi connectivity index (χ0v) is 8.67. The van der Waals surface area contributed by atoms with Crippen LogP contribution in [0.1, 0.15) is 24.9 Å². The Morgan fingerprint density at radius 1 is 1.47 bits per heavy atom. The SMILES string of the molecule is C[C@@H](N)c1ccc(OCCCF)cc1F. The van der Waals surface area contributed by atoms with E-state index in [1.165, 1.54) is 6.07 Å². The van der Waals surface area contributed by atoms with Crippen LogP contribution in [0.25, 0.3) is 0 Å². The van der Waals surface area contributed by atoms with Crippen molar-refractivity contribution in [1.82, 2.24) is 0 Å². The molecule has 2 N–H and O–H groups in total. The lowest BCUT2D eigenvalue weighted by molar-refractivity contribution is 0.288. The van der Waals surface area contributed by atoms with Gasteiger partial charge in [-0.3, -0.25) is 4.39 Å². The lowest BCUT2D eigenvalue weighted by atomic mass is 10.1. The van der Waals surface area contributed by atoms with Crippen molar-refractivity contribution in [2.45, 2.75) is 19.4 Å². The van der Waals surface area contributed by atoms with Gasteiger partial charge in [0.1, 0.15) is 11.6 Å². The summed E-state index contributed by atoms with van der Waals surface area (Å²) in [4.78, 5) is 0. The molecule has 0 aliphatic carbocycles. The third-order valence-electron chi connectivity index (χ3n) is 2.01. The zero-order chi connectivity index (χ0) is 11.3. The van der Waals surface area contributed by atoms with E-state index < -0.39 is 6.67 Å². The van der Waals surface area contributed by atoms with Gasteiger partial charge in [-0.05, 0) is 13.0 Å². The van der Waals surface area contributed by atoms with Crippen LogP contribution in [0.4, 0.5) is 8.78 Å². The summed E-state index contributed by atoms with van der Waals surface area (Å²) in [5, 5.41) is 0. The predicted octanol–water partition coefficient (Wildman–Crippen LogP) is 2.58. The van der Waals surface area contributed by atoms with Crippen molar-refractivity contribution in [3.63, 3.8) is 0 Å². The molecule has 0 heterocycles. The Morgan fingerprint density at radius 2 is 2.20 bits per heavy atom. The Kier molecular flexibility index (Phi) is 4.49. The molecule has 1 aromatic carbocycles. The number of halogens is 2. The normalized spacial score (nSPS) is 12.5. The van der Waals surface area contributed by atoms with Gasteiger partial charge >= 0.3 is 0 Å². The first-order chi connectivity index (χ1) is 7.15. The number of rotatable bonds is 5. The molecule has 0 spiro atoms. The molecule has 0 amide bonds. The summed E-state index contributed by atoms with van der Waals surface area (Å²) in [6.07, 6.45) is 0.316. The van der Waals surface area contributed by atoms with E-state index in [9.17, 15) is 8.78 Å². The fourth-order valence-corrected chi connectivity index (χ4v) is 1.21. The molecule has 1 atom stereocenters. The average Bonchev–Trinajstić information content (AvgIpc) is 2.17. The van der Waals surface area contributed by atoms with E-state index in [0.717, 1.165) is 0 Å². The van der Waals surface area contributed by atoms with E-state index in [-0.39, 0.29) is 18.5 Å². The number of ether oxygens (including phenoxy) is 1. The quantitative estimate of drug-likeness (QED) is 0.766. The maximum atomic E-state index is 13.4. The minimum Gasteiger partial charge on any atom is -0.493 e. The van der Waals surface area contributed by atoms with Crippen LogP contribution in [-0.4, -0.2) is 13.3 Å². The molecule has 4 heteroatoms. The van der Waals surface area contributed by atoms with Gasteiger partial charge in [-0.25, -0.2) is 4.39 Å². The average molecular weight is 215 g/mol. The van der Waals surface area contributed by atoms with Crippen LogP contribution >= 0.6 is 0 Å². The molecule has 0 unspecified atom stereocenters. The zero-order valence-electron chi connectivity index (χ0n) is 8.67. The summed E-state index contributed by atoms with van der Waals surface area (Å²) >= 11 is 0. The van der Waals surface area contributed by atoms with Gasteiger partial charge in [0.15, 0.2) is 0 Å². The van der Waals surface area contributed by atoms with Crippen LogP contribution in [0.2, 0.25) is 0 Å². The first kappa shape index (κ1) is 11.9. The Morgan fingerprint density at radius 3 is 2.73 bits per heavy atom. The summed E-state index contributed by atoms with van der Waals surface area (Å²) in [6, 6.07) is 4.16. The third kappa shape index (κ3) is 3.47. The first-order valence-electron chi connectivity index (χ1n) is 4.89. The van der Waals surface area contributed by atoms with E-state index in [4.69, 9.17) is 10.5 Å². The molecule has 1 rings (SSSR count). The largest absolute Gasteiger partial charge is 0.493 e. The predicted molar refractivity (Wildman–Crippen MR) is 55.1 cm³/mol. The molecule has 0 aliphatic heterocycles. The Hall–Kier alpha value is -1.16. The summed E-state index contributed by atoms with van der Waals surface area (Å²) in [6.45, 7) is 1.54. The smallest absolute Gasteiger partial charge is 0.131 e. The molecule has 0 aliphatic rings. The molecule has 2 nitrogen and oxygen atoms in total. The van der Waals surface area contributed by atoms with Gasteiger partial charge in [-0.1, -0.05) is 6.07 Å². The highest BCUT2D eigenvalue weighted by Gasteiger charge is 2.07. The Bertz CT molecular complexity index is 315. The minimum absolute atomic E-state index is 0.257. The van der Waals surface area contributed by atoms with E-state index >= 15 is 0 Å². The van der Waals surface area contributed by atoms with Gasteiger partial charge in [0.25, 0.3) is 0 Å². The van der Waals surface area contributed by atoms with Gasteiger partial charge in [-0.2, -0.15) is 0 Å². The second-order valence-electron chi connectivity index (χ2n) is 3.36. The number of nitrogens with two attached hydrogens (primary N) is 1. The Labute approximate surface area is 88.0 Å². The highest BCUT2D eigenvalue weighted by atomic mass is 19.1. The van der Waals surface area contributed by atoms with E-state index in [1.54, 1.807) is 19.1 Å². The van der Waals surface area contributed by atoms with Crippen LogP contribution in [0, 0.1) is 5.82 Å². The van der Waals surface area contributed by atoms with E-state index in [1.807, 2.05) is 0 Å². The fourth-order valence-electron chi connectivity index (χ4n) is 1.21. The van der Waals surface area contributed by atoms with Crippen molar-refractivity contribution in [3.05, 3.63) is 29.6 Å². The molecule has 0 fully saturated rings. The second-order valence-corrected chi connectivity index (χ2v) is 3.36. The molecule has 15 heavy (non-hydrogen) atoms. The number of benzene rings is 1. The lowest BCUT2D eigenvalue weighted by Gasteiger charge is -2.09. The molecule has 0 aromatic heterocycles. The topological polar surface area (TPSA) is 35.2 Å². The number of hydrogen-bond donors (Lipinski definition) is 1. The van der Waals surface area contributed by atoms with Crippen molar-refractivity contribution >= 4 is 0 Å². The molecule has 0 saturated carbocycles. The van der Waals surface area contributed by atoms with Gasteiger partial charge in [-0.15, -0.1) is 0 Å². The number of alkyl halides is 1. The van der Waals surface area contributed by atoms with Crippen LogP contribution < -0.4 is 10.5 Å². The van der Waals surface area contributed by atoms with E-state index in [2.05, 4.69) is 0 Å². The van der Waals surface area contributed by atoms with Crippen molar-refractivity contribution in [1.29, 1.82) is 0 Å². The van der Waals surface area contributed by atoms with Crippen LogP contribution in [0.5, 0.6) is 5.75 Å². The molecule has 84 valence electrons. The third-order valence-corrected chi connectivity index (χ3v) is 2.01. The summed E-state index contributed by atoms with van der Waals surface area (Å²) < 4.78 is 30.3. The van der Waals surface area contributed by atoms with Crippen molar-refractivity contribution in [2.75, 3.05) is 13.3 Å². The fraction of sp³-hybridized carbons (Fsp3) is 0.455. The van der Waals surface area contributed by atoms with Gasteiger partial charge in [0.05, 0.1) is 13.3 Å². The first-order valence-corrected chi connectivity index (χ1v) is 4.89. The second kappa shape index (κ2) is 5.66. The minimum atomic E-state index is -0.430. The maximum absolute atomic E-state index is 13.4. The van der Waals surface area contributed by atoms with E-state index in [0.29, 0.717) is 17.7 Å². The molecule has 0 bridgehead atoms. The standard InChI is InChI=1S/C11H15F2NO/c1-8(14)10-4-3-9(7-11(10)13)15-6-2-5-12/h3-4,7-8H,2,5-6,14H2,1H3/t8-/m1/s1. The molecule has 1 aromatic rings. The van der Waals surface area contributed by atoms with Crippen LogP contribution in [0.15, 0.2) is 18.2 Å². The van der Waals surface area contributed by atoms with Crippen molar-refractivity contribution < 1.29 is 13.5 Å². The summed E-state index contributed by atoms with van der Waals surface area (Å²) in [7, 11) is 0. The van der Waals surface area contributed by atoms with Crippen molar-refractivity contribution in [2.24, 2.45) is 5.73 Å². The lowest BCUT2D eigenvalue weighted by Crippen LogP contribution is -2.07. The molecule has 0 radical (unpaired) electrons. The van der Waals surface area contributed by atoms with Crippen LogP contribution in [0.3, 0.4) is 0 Å². The Balaban J connectivity index is 2.65. The van der Waals surface area contributed by atoms with Gasteiger partial charge in [0.2, 0.25) is 0 Å². The van der Waals surface area contributed by atoms with Gasteiger partial charge in [0, 0.05) is 24.1 Å². The highest BCUT2D eigenvalue weighted by Crippen LogP contribution is 2.20. The monoisotopic (exact) mass is 215 g/mol. The van der Waals surface area contributed by atoms with Crippen LogP contribution in [-0.2, 0) is 0 Å². The molecular formula is C11H15F2NO. The maximum Gasteiger partial charge on any atom is 0.131 e. The van der Waals surface area contributed by atoms with Gasteiger partial charge < -0.3 is 10.5 Å². The highest BCUT2D eigenvalue weighted by molar-refractivity contribution is 5.30. The molecular weight excluding hydrogens is 200 g/mol. The summed E-state index contributed by atoms with van der Waals surface area (Å²) in [5.41, 5.74) is 6.01.